The molecule has 0 aliphatic carbocycles. The normalized spacial score (nSPS) is 9.64. The van der Waals surface area contributed by atoms with Crippen LogP contribution in [0.25, 0.3) is 10.2 Å². The van der Waals surface area contributed by atoms with E-state index in [2.05, 4.69) is 34.8 Å². The van der Waals surface area contributed by atoms with E-state index in [1.165, 1.54) is 9.71 Å². The van der Waals surface area contributed by atoms with Gasteiger partial charge in [-0.2, -0.15) is 0 Å². The van der Waals surface area contributed by atoms with Gasteiger partial charge in [-0.3, -0.25) is 0 Å². The predicted octanol–water partition coefficient (Wildman–Crippen LogP) is 3.12. The molecular weight excluding hydrogens is 194 g/mol. The van der Waals surface area contributed by atoms with Crippen molar-refractivity contribution in [1.82, 2.24) is 4.98 Å². The van der Waals surface area contributed by atoms with Crippen molar-refractivity contribution in [2.24, 2.45) is 0 Å². The van der Waals surface area contributed by atoms with Crippen LogP contribution in [0.3, 0.4) is 0 Å². The molecule has 0 saturated heterocycles. The number of thiazole rings is 1. The summed E-state index contributed by atoms with van der Waals surface area (Å²) in [4.78, 5) is 4.45. The Kier molecular flexibility index (Phi) is 4.56. The summed E-state index contributed by atoms with van der Waals surface area (Å²) in [6, 6.07) is 8.26. The first-order valence-corrected chi connectivity index (χ1v) is 5.38. The van der Waals surface area contributed by atoms with E-state index < -0.39 is 0 Å². The quantitative estimate of drug-likeness (QED) is 0.720. The number of rotatable bonds is 1. The number of ether oxygens (including phenoxy) is 1. The highest BCUT2D eigenvalue weighted by molar-refractivity contribution is 7.18. The van der Waals surface area contributed by atoms with E-state index in [1.54, 1.807) is 25.6 Å². The number of aromatic nitrogens is 1. The van der Waals surface area contributed by atoms with E-state index in [1.807, 2.05) is 6.07 Å². The molecule has 76 valence electrons. The summed E-state index contributed by atoms with van der Waals surface area (Å²) in [7, 11) is 3.25. The number of fused-ring (bicyclic) bond motifs is 1. The van der Waals surface area contributed by atoms with Crippen LogP contribution in [0.1, 0.15) is 11.9 Å². The zero-order valence-electron chi connectivity index (χ0n) is 8.78. The van der Waals surface area contributed by atoms with Gasteiger partial charge in [0.2, 0.25) is 0 Å². The third-order valence-electron chi connectivity index (χ3n) is 1.64. The van der Waals surface area contributed by atoms with Gasteiger partial charge in [0.25, 0.3) is 0 Å². The molecule has 0 N–H and O–H groups in total. The van der Waals surface area contributed by atoms with Crippen LogP contribution in [0, 0.1) is 0 Å². The zero-order valence-corrected chi connectivity index (χ0v) is 9.60. The summed E-state index contributed by atoms with van der Waals surface area (Å²) in [6.07, 6.45) is 1.04. The van der Waals surface area contributed by atoms with Crippen molar-refractivity contribution in [1.29, 1.82) is 0 Å². The van der Waals surface area contributed by atoms with Gasteiger partial charge in [0.05, 0.1) is 15.2 Å². The zero-order chi connectivity index (χ0) is 10.4. The van der Waals surface area contributed by atoms with E-state index >= 15 is 0 Å². The molecule has 0 saturated carbocycles. The maximum absolute atomic E-state index is 4.45. The average Bonchev–Trinajstić information content (AvgIpc) is 2.61. The topological polar surface area (TPSA) is 22.1 Å². The van der Waals surface area contributed by atoms with Crippen molar-refractivity contribution >= 4 is 21.6 Å². The first kappa shape index (κ1) is 11.1. The fraction of sp³-hybridized carbons (Fsp3) is 0.364. The molecule has 0 radical (unpaired) electrons. The van der Waals surface area contributed by atoms with Crippen molar-refractivity contribution in [3.63, 3.8) is 0 Å². The molecule has 1 heterocycles. The monoisotopic (exact) mass is 209 g/mol. The summed E-state index contributed by atoms with van der Waals surface area (Å²) in [6.45, 7) is 2.14. The molecule has 0 fully saturated rings. The van der Waals surface area contributed by atoms with Gasteiger partial charge in [0, 0.05) is 14.2 Å². The highest BCUT2D eigenvalue weighted by Gasteiger charge is 1.98. The molecule has 1 aromatic carbocycles. The number of hydrogen-bond donors (Lipinski definition) is 0. The molecule has 14 heavy (non-hydrogen) atoms. The SMILES string of the molecule is CCc1nc2ccccc2s1.COC. The molecule has 0 amide bonds. The second-order valence-corrected chi connectivity index (χ2v) is 3.95. The van der Waals surface area contributed by atoms with Crippen LogP contribution in [-0.4, -0.2) is 19.2 Å². The van der Waals surface area contributed by atoms with E-state index in [4.69, 9.17) is 0 Å². The molecule has 0 atom stereocenters. The summed E-state index contributed by atoms with van der Waals surface area (Å²) in [5, 5.41) is 1.23. The first-order valence-electron chi connectivity index (χ1n) is 4.56. The molecular formula is C11H15NOS. The molecule has 0 aliphatic rings. The number of hydrogen-bond acceptors (Lipinski definition) is 3. The summed E-state index contributed by atoms with van der Waals surface area (Å²) in [5.41, 5.74) is 1.13. The average molecular weight is 209 g/mol. The second kappa shape index (κ2) is 5.73. The number of aryl methyl sites for hydroxylation is 1. The fourth-order valence-corrected chi connectivity index (χ4v) is 1.98. The van der Waals surface area contributed by atoms with Crippen molar-refractivity contribution in [2.75, 3.05) is 14.2 Å². The Morgan fingerprint density at radius 1 is 1.29 bits per heavy atom. The van der Waals surface area contributed by atoms with Crippen LogP contribution in [0.15, 0.2) is 24.3 Å². The van der Waals surface area contributed by atoms with Crippen LogP contribution < -0.4 is 0 Å². The number of para-hydroxylation sites is 1. The van der Waals surface area contributed by atoms with Gasteiger partial charge in [-0.1, -0.05) is 19.1 Å². The van der Waals surface area contributed by atoms with Crippen LogP contribution in [0.2, 0.25) is 0 Å². The Balaban J connectivity index is 0.000000293. The van der Waals surface area contributed by atoms with Crippen LogP contribution in [0.4, 0.5) is 0 Å². The minimum Gasteiger partial charge on any atom is -0.388 e. The Labute approximate surface area is 88.6 Å². The van der Waals surface area contributed by atoms with Crippen molar-refractivity contribution in [2.45, 2.75) is 13.3 Å². The Morgan fingerprint density at radius 3 is 2.50 bits per heavy atom. The number of nitrogens with zero attached hydrogens (tertiary/aromatic N) is 1. The van der Waals surface area contributed by atoms with Gasteiger partial charge in [0.1, 0.15) is 0 Å². The smallest absolute Gasteiger partial charge is 0.0935 e. The summed E-state index contributed by atoms with van der Waals surface area (Å²) < 4.78 is 5.55. The largest absolute Gasteiger partial charge is 0.388 e. The van der Waals surface area contributed by atoms with Gasteiger partial charge >= 0.3 is 0 Å². The second-order valence-electron chi connectivity index (χ2n) is 2.84. The molecule has 0 aliphatic heterocycles. The van der Waals surface area contributed by atoms with E-state index in [0.717, 1.165) is 11.9 Å². The maximum Gasteiger partial charge on any atom is 0.0935 e. The summed E-state index contributed by atoms with van der Waals surface area (Å²) in [5.74, 6) is 0. The Morgan fingerprint density at radius 2 is 1.93 bits per heavy atom. The lowest BCUT2D eigenvalue weighted by Crippen LogP contribution is -1.73. The molecule has 0 bridgehead atoms. The van der Waals surface area contributed by atoms with Crippen LogP contribution >= 0.6 is 11.3 Å². The third kappa shape index (κ3) is 2.79. The van der Waals surface area contributed by atoms with Gasteiger partial charge in [-0.15, -0.1) is 11.3 Å². The lowest BCUT2D eigenvalue weighted by atomic mass is 10.3. The standard InChI is InChI=1S/C9H9NS.C2H6O/c1-2-9-10-7-5-3-4-6-8(7)11-9;1-3-2/h3-6H,2H2,1H3;1-2H3. The van der Waals surface area contributed by atoms with Crippen molar-refractivity contribution in [3.05, 3.63) is 29.3 Å². The molecule has 2 rings (SSSR count). The van der Waals surface area contributed by atoms with E-state index in [0.29, 0.717) is 0 Å². The van der Waals surface area contributed by atoms with Gasteiger partial charge in [0.15, 0.2) is 0 Å². The molecule has 0 spiro atoms. The summed E-state index contributed by atoms with van der Waals surface area (Å²) >= 11 is 1.79. The molecule has 2 aromatic rings. The maximum atomic E-state index is 4.45. The van der Waals surface area contributed by atoms with Gasteiger partial charge in [-0.25, -0.2) is 4.98 Å². The minimum atomic E-state index is 1.04. The molecule has 3 heteroatoms. The van der Waals surface area contributed by atoms with Crippen LogP contribution in [-0.2, 0) is 11.2 Å². The van der Waals surface area contributed by atoms with E-state index in [9.17, 15) is 0 Å². The van der Waals surface area contributed by atoms with Crippen molar-refractivity contribution < 1.29 is 4.74 Å². The van der Waals surface area contributed by atoms with E-state index in [-0.39, 0.29) is 0 Å². The number of benzene rings is 1. The highest BCUT2D eigenvalue weighted by Crippen LogP contribution is 2.21. The predicted molar refractivity (Wildman–Crippen MR) is 61.9 cm³/mol. The molecule has 2 nitrogen and oxygen atoms in total. The lowest BCUT2D eigenvalue weighted by molar-refractivity contribution is 0.277. The van der Waals surface area contributed by atoms with Gasteiger partial charge < -0.3 is 4.74 Å². The first-order chi connectivity index (χ1) is 6.81. The molecule has 1 aromatic heterocycles. The lowest BCUT2D eigenvalue weighted by Gasteiger charge is -1.80. The third-order valence-corrected chi connectivity index (χ3v) is 2.82. The van der Waals surface area contributed by atoms with Crippen molar-refractivity contribution in [3.8, 4) is 0 Å². The Bertz CT molecular complexity index is 350. The fourth-order valence-electron chi connectivity index (χ4n) is 1.07. The minimum absolute atomic E-state index is 1.04. The Hall–Kier alpha value is -0.930. The molecule has 0 unspecified atom stereocenters. The number of methoxy groups -OCH3 is 1. The van der Waals surface area contributed by atoms with Crippen LogP contribution in [0.5, 0.6) is 0 Å². The highest BCUT2D eigenvalue weighted by atomic mass is 32.1. The van der Waals surface area contributed by atoms with Gasteiger partial charge in [-0.05, 0) is 18.6 Å².